The molecule has 0 aliphatic rings. The Balaban J connectivity index is 0.00000220. The molecule has 116 valence electrons. The zero-order chi connectivity index (χ0) is 14.4. The minimum absolute atomic E-state index is 0. The second kappa shape index (κ2) is 8.71. The average molecular weight is 403 g/mol. The van der Waals surface area contributed by atoms with E-state index in [1.54, 1.807) is 6.26 Å². The lowest BCUT2D eigenvalue weighted by Gasteiger charge is -2.22. The standard InChI is InChI=1S/C14H21N5O.HI/c1-4-15-14(16-10-12-7-9-20-17-12)19(3)11-13-6-5-8-18(13)2;/h5-9H,4,10-11H2,1-3H3,(H,15,16);1H. The van der Waals surface area contributed by atoms with Gasteiger partial charge in [0.05, 0.1) is 13.1 Å². The number of guanidine groups is 1. The lowest BCUT2D eigenvalue weighted by molar-refractivity contribution is 0.411. The summed E-state index contributed by atoms with van der Waals surface area (Å²) in [6.45, 7) is 4.20. The molecule has 0 aliphatic heterocycles. The fraction of sp³-hybridized carbons (Fsp3) is 0.429. The van der Waals surface area contributed by atoms with Gasteiger partial charge in [0.25, 0.3) is 0 Å². The van der Waals surface area contributed by atoms with Crippen molar-refractivity contribution in [1.29, 1.82) is 0 Å². The maximum atomic E-state index is 4.81. The summed E-state index contributed by atoms with van der Waals surface area (Å²) in [5.41, 5.74) is 2.06. The summed E-state index contributed by atoms with van der Waals surface area (Å²) < 4.78 is 6.92. The molecule has 0 bridgehead atoms. The molecule has 0 radical (unpaired) electrons. The average Bonchev–Trinajstić information content (AvgIpc) is 3.07. The van der Waals surface area contributed by atoms with E-state index in [0.717, 1.165) is 24.7 Å². The van der Waals surface area contributed by atoms with E-state index in [2.05, 4.69) is 37.9 Å². The van der Waals surface area contributed by atoms with Crippen LogP contribution >= 0.6 is 24.0 Å². The summed E-state index contributed by atoms with van der Waals surface area (Å²) in [6.07, 6.45) is 3.61. The first-order chi connectivity index (χ1) is 9.70. The van der Waals surface area contributed by atoms with E-state index < -0.39 is 0 Å². The van der Waals surface area contributed by atoms with Gasteiger partial charge in [0.1, 0.15) is 12.0 Å². The fourth-order valence-electron chi connectivity index (χ4n) is 1.92. The molecule has 0 saturated carbocycles. The third-order valence-electron chi connectivity index (χ3n) is 3.03. The Hall–Kier alpha value is -1.51. The monoisotopic (exact) mass is 403 g/mol. The van der Waals surface area contributed by atoms with Crippen LogP contribution in [0.15, 0.2) is 40.2 Å². The first kappa shape index (κ1) is 17.5. The van der Waals surface area contributed by atoms with E-state index in [1.165, 1.54) is 5.69 Å². The smallest absolute Gasteiger partial charge is 0.194 e. The number of halogens is 1. The van der Waals surface area contributed by atoms with Gasteiger partial charge < -0.3 is 19.3 Å². The molecule has 1 N–H and O–H groups in total. The molecule has 0 fully saturated rings. The Kier molecular flexibility index (Phi) is 7.27. The van der Waals surface area contributed by atoms with Gasteiger partial charge >= 0.3 is 0 Å². The molecular formula is C14H22IN5O. The number of nitrogens with one attached hydrogen (secondary N) is 1. The number of aromatic nitrogens is 2. The van der Waals surface area contributed by atoms with E-state index in [0.29, 0.717) is 6.54 Å². The zero-order valence-corrected chi connectivity index (χ0v) is 14.9. The first-order valence-corrected chi connectivity index (χ1v) is 6.69. The molecule has 2 aromatic rings. The highest BCUT2D eigenvalue weighted by molar-refractivity contribution is 14.0. The number of aryl methyl sites for hydroxylation is 1. The van der Waals surface area contributed by atoms with Crippen LogP contribution in [-0.4, -0.2) is 34.2 Å². The van der Waals surface area contributed by atoms with Crippen LogP contribution in [0.25, 0.3) is 0 Å². The van der Waals surface area contributed by atoms with E-state index in [4.69, 9.17) is 4.52 Å². The predicted octanol–water partition coefficient (Wildman–Crippen LogP) is 2.23. The van der Waals surface area contributed by atoms with Crippen molar-refractivity contribution < 1.29 is 4.52 Å². The molecule has 21 heavy (non-hydrogen) atoms. The second-order valence-corrected chi connectivity index (χ2v) is 4.63. The van der Waals surface area contributed by atoms with Crippen molar-refractivity contribution >= 4 is 29.9 Å². The Morgan fingerprint density at radius 3 is 2.86 bits per heavy atom. The van der Waals surface area contributed by atoms with Crippen LogP contribution in [0, 0.1) is 0 Å². The van der Waals surface area contributed by atoms with Gasteiger partial charge in [-0.3, -0.25) is 0 Å². The van der Waals surface area contributed by atoms with E-state index in [9.17, 15) is 0 Å². The topological polar surface area (TPSA) is 58.6 Å². The van der Waals surface area contributed by atoms with Gasteiger partial charge in [-0.25, -0.2) is 4.99 Å². The van der Waals surface area contributed by atoms with Gasteiger partial charge in [-0.05, 0) is 19.1 Å². The molecule has 7 heteroatoms. The molecule has 0 aliphatic carbocycles. The van der Waals surface area contributed by atoms with E-state index in [1.807, 2.05) is 32.4 Å². The maximum Gasteiger partial charge on any atom is 0.194 e. The normalized spacial score (nSPS) is 11.1. The molecule has 0 aromatic carbocycles. The van der Waals surface area contributed by atoms with Crippen LogP contribution in [0.3, 0.4) is 0 Å². The molecule has 0 unspecified atom stereocenters. The highest BCUT2D eigenvalue weighted by Crippen LogP contribution is 2.04. The fourth-order valence-corrected chi connectivity index (χ4v) is 1.92. The van der Waals surface area contributed by atoms with Crippen molar-refractivity contribution in [2.45, 2.75) is 20.0 Å². The van der Waals surface area contributed by atoms with Gasteiger partial charge in [0.2, 0.25) is 0 Å². The molecule has 0 atom stereocenters. The van der Waals surface area contributed by atoms with Crippen LogP contribution in [0.1, 0.15) is 18.3 Å². The van der Waals surface area contributed by atoms with Gasteiger partial charge in [-0.2, -0.15) is 0 Å². The molecule has 2 heterocycles. The van der Waals surface area contributed by atoms with Crippen molar-refractivity contribution in [1.82, 2.24) is 19.9 Å². The third-order valence-corrected chi connectivity index (χ3v) is 3.03. The van der Waals surface area contributed by atoms with Crippen molar-refractivity contribution in [2.24, 2.45) is 12.0 Å². The highest BCUT2D eigenvalue weighted by atomic mass is 127. The predicted molar refractivity (Wildman–Crippen MR) is 93.6 cm³/mol. The van der Waals surface area contributed by atoms with Crippen molar-refractivity contribution in [3.8, 4) is 0 Å². The molecule has 2 rings (SSSR count). The molecule has 0 amide bonds. The number of hydrogen-bond acceptors (Lipinski definition) is 3. The number of aliphatic imine (C=N–C) groups is 1. The Morgan fingerprint density at radius 1 is 1.48 bits per heavy atom. The van der Waals surface area contributed by atoms with Crippen LogP contribution in [0.4, 0.5) is 0 Å². The summed E-state index contributed by atoms with van der Waals surface area (Å²) in [5.74, 6) is 0.858. The van der Waals surface area contributed by atoms with Crippen LogP contribution in [0.5, 0.6) is 0 Å². The quantitative estimate of drug-likeness (QED) is 0.473. The largest absolute Gasteiger partial charge is 0.364 e. The lowest BCUT2D eigenvalue weighted by Crippen LogP contribution is -2.38. The van der Waals surface area contributed by atoms with E-state index >= 15 is 0 Å². The minimum Gasteiger partial charge on any atom is -0.364 e. The SMILES string of the molecule is CCNC(=NCc1ccon1)N(C)Cc1cccn1C.I. The van der Waals surface area contributed by atoms with Crippen molar-refractivity contribution in [2.75, 3.05) is 13.6 Å². The summed E-state index contributed by atoms with van der Waals surface area (Å²) in [7, 11) is 4.07. The van der Waals surface area contributed by atoms with Gasteiger partial charge in [0, 0.05) is 38.6 Å². The Morgan fingerprint density at radius 2 is 2.29 bits per heavy atom. The van der Waals surface area contributed by atoms with Gasteiger partial charge in [-0.1, -0.05) is 5.16 Å². The maximum absolute atomic E-state index is 4.81. The molecule has 2 aromatic heterocycles. The summed E-state index contributed by atoms with van der Waals surface area (Å²) >= 11 is 0. The number of hydrogen-bond donors (Lipinski definition) is 1. The lowest BCUT2D eigenvalue weighted by atomic mass is 10.4. The Bertz CT molecular complexity index is 549. The number of nitrogens with zero attached hydrogens (tertiary/aromatic N) is 4. The van der Waals surface area contributed by atoms with E-state index in [-0.39, 0.29) is 24.0 Å². The Labute approximate surface area is 142 Å². The number of rotatable bonds is 5. The minimum atomic E-state index is 0. The molecule has 0 saturated heterocycles. The molecule has 6 nitrogen and oxygen atoms in total. The summed E-state index contributed by atoms with van der Waals surface area (Å²) in [6, 6.07) is 5.98. The molecule has 0 spiro atoms. The molecular weight excluding hydrogens is 381 g/mol. The van der Waals surface area contributed by atoms with Gasteiger partial charge in [-0.15, -0.1) is 24.0 Å². The van der Waals surface area contributed by atoms with Crippen LogP contribution < -0.4 is 5.32 Å². The first-order valence-electron chi connectivity index (χ1n) is 6.69. The zero-order valence-electron chi connectivity index (χ0n) is 12.6. The second-order valence-electron chi connectivity index (χ2n) is 4.63. The van der Waals surface area contributed by atoms with Gasteiger partial charge in [0.15, 0.2) is 5.96 Å². The van der Waals surface area contributed by atoms with Crippen LogP contribution in [-0.2, 0) is 20.1 Å². The summed E-state index contributed by atoms with van der Waals surface area (Å²) in [4.78, 5) is 6.66. The highest BCUT2D eigenvalue weighted by Gasteiger charge is 2.08. The summed E-state index contributed by atoms with van der Waals surface area (Å²) in [5, 5.41) is 7.15. The third kappa shape index (κ3) is 5.07. The van der Waals surface area contributed by atoms with Crippen molar-refractivity contribution in [3.05, 3.63) is 42.0 Å². The van der Waals surface area contributed by atoms with Crippen LogP contribution in [0.2, 0.25) is 0 Å². The van der Waals surface area contributed by atoms with Crippen molar-refractivity contribution in [3.63, 3.8) is 0 Å².